The molecule has 0 fully saturated rings. The summed E-state index contributed by atoms with van der Waals surface area (Å²) in [4.78, 5) is 26.3. The van der Waals surface area contributed by atoms with Gasteiger partial charge in [-0.25, -0.2) is 4.79 Å². The Labute approximate surface area is 186 Å². The summed E-state index contributed by atoms with van der Waals surface area (Å²) >= 11 is 8.89. The van der Waals surface area contributed by atoms with E-state index in [-0.39, 0.29) is 17.0 Å². The van der Waals surface area contributed by atoms with Crippen LogP contribution >= 0.6 is 46.1 Å². The molecule has 0 radical (unpaired) electrons. The van der Waals surface area contributed by atoms with Crippen LogP contribution in [-0.4, -0.2) is 33.4 Å². The third kappa shape index (κ3) is 4.38. The quantitative estimate of drug-likeness (QED) is 0.356. The lowest BCUT2D eigenvalue weighted by atomic mass is 9.88. The van der Waals surface area contributed by atoms with E-state index < -0.39 is 0 Å². The van der Waals surface area contributed by atoms with Gasteiger partial charge in [-0.05, 0) is 72.5 Å². The Morgan fingerprint density at radius 2 is 2.25 bits per heavy atom. The molecule has 0 bridgehead atoms. The Morgan fingerprint density at radius 3 is 2.89 bits per heavy atom. The lowest BCUT2D eigenvalue weighted by molar-refractivity contribution is 0.0526. The van der Waals surface area contributed by atoms with Gasteiger partial charge in [-0.3, -0.25) is 14.8 Å². The number of thiophene rings is 1. The normalized spacial score (nSPS) is 15.6. The number of amides is 1. The van der Waals surface area contributed by atoms with Crippen molar-refractivity contribution in [1.29, 1.82) is 0 Å². The van der Waals surface area contributed by atoms with Crippen LogP contribution in [0.25, 0.3) is 0 Å². The molecule has 1 atom stereocenters. The highest BCUT2D eigenvalue weighted by molar-refractivity contribution is 14.1. The Morgan fingerprint density at radius 1 is 1.50 bits per heavy atom. The number of nitrogens with zero attached hydrogens (tertiary/aromatic N) is 2. The average molecular weight is 532 g/mol. The average Bonchev–Trinajstić information content (AvgIpc) is 3.13. The van der Waals surface area contributed by atoms with Gasteiger partial charge in [0.1, 0.15) is 10.7 Å². The maximum Gasteiger partial charge on any atom is 0.341 e. The molecule has 2 heterocycles. The molecule has 0 aromatic carbocycles. The van der Waals surface area contributed by atoms with E-state index in [0.29, 0.717) is 28.8 Å². The number of aromatic nitrogens is 2. The van der Waals surface area contributed by atoms with Crippen LogP contribution in [0.5, 0.6) is 0 Å². The maximum atomic E-state index is 12.6. The van der Waals surface area contributed by atoms with Crippen LogP contribution in [0.3, 0.4) is 0 Å². The molecule has 1 unspecified atom stereocenters. The number of thiocarbonyl (C=S) groups is 1. The van der Waals surface area contributed by atoms with Crippen molar-refractivity contribution in [2.45, 2.75) is 33.1 Å². The lowest BCUT2D eigenvalue weighted by Crippen LogP contribution is -2.35. The third-order valence-corrected chi connectivity index (χ3v) is 6.72. The number of ether oxygens (including phenoxy) is 1. The van der Waals surface area contributed by atoms with Crippen molar-refractivity contribution in [2.75, 3.05) is 11.9 Å². The molecule has 0 saturated heterocycles. The number of halogens is 1. The molecule has 7 nitrogen and oxygen atoms in total. The second-order valence-electron chi connectivity index (χ2n) is 6.65. The summed E-state index contributed by atoms with van der Waals surface area (Å²) in [7, 11) is 1.70. The SMILES string of the molecule is CCOC(=O)c1c(NC(=S)NC(=O)c2c(I)cnn2C)sc2c1CCC(C)C2. The molecule has 2 N–H and O–H groups in total. The van der Waals surface area contributed by atoms with E-state index >= 15 is 0 Å². The van der Waals surface area contributed by atoms with E-state index in [9.17, 15) is 9.59 Å². The second-order valence-corrected chi connectivity index (χ2v) is 9.32. The van der Waals surface area contributed by atoms with E-state index in [1.807, 2.05) is 22.6 Å². The van der Waals surface area contributed by atoms with Gasteiger partial charge in [0, 0.05) is 11.9 Å². The molecule has 1 aliphatic carbocycles. The first kappa shape index (κ1) is 21.2. The number of aryl methyl sites for hydroxylation is 1. The van der Waals surface area contributed by atoms with Gasteiger partial charge >= 0.3 is 5.97 Å². The lowest BCUT2D eigenvalue weighted by Gasteiger charge is -2.18. The molecule has 0 spiro atoms. The van der Waals surface area contributed by atoms with Gasteiger partial charge in [-0.15, -0.1) is 11.3 Å². The van der Waals surface area contributed by atoms with Crippen LogP contribution in [0.4, 0.5) is 5.00 Å². The van der Waals surface area contributed by atoms with Crippen molar-refractivity contribution < 1.29 is 14.3 Å². The van der Waals surface area contributed by atoms with Crippen LogP contribution in [0, 0.1) is 9.49 Å². The highest BCUT2D eigenvalue weighted by Gasteiger charge is 2.29. The first-order valence-electron chi connectivity index (χ1n) is 8.93. The van der Waals surface area contributed by atoms with Gasteiger partial charge < -0.3 is 10.1 Å². The number of anilines is 1. The van der Waals surface area contributed by atoms with Crippen molar-refractivity contribution in [3.05, 3.63) is 31.5 Å². The summed E-state index contributed by atoms with van der Waals surface area (Å²) in [5.74, 6) is -0.130. The predicted octanol–water partition coefficient (Wildman–Crippen LogP) is 3.51. The molecule has 1 amide bonds. The minimum Gasteiger partial charge on any atom is -0.462 e. The van der Waals surface area contributed by atoms with Gasteiger partial charge in [-0.2, -0.15) is 5.10 Å². The minimum absolute atomic E-state index is 0.138. The van der Waals surface area contributed by atoms with Crippen LogP contribution in [0.2, 0.25) is 0 Å². The van der Waals surface area contributed by atoms with Crippen molar-refractivity contribution in [2.24, 2.45) is 13.0 Å². The third-order valence-electron chi connectivity index (χ3n) is 4.55. The van der Waals surface area contributed by atoms with Gasteiger partial charge in [0.15, 0.2) is 5.11 Å². The molecule has 0 aliphatic heterocycles. The number of carbonyl (C=O) groups is 2. The van der Waals surface area contributed by atoms with Gasteiger partial charge in [0.05, 0.1) is 21.9 Å². The Kier molecular flexibility index (Phi) is 6.71. The monoisotopic (exact) mass is 532 g/mol. The number of hydrogen-bond donors (Lipinski definition) is 2. The number of esters is 1. The summed E-state index contributed by atoms with van der Waals surface area (Å²) in [6.45, 7) is 4.30. The summed E-state index contributed by atoms with van der Waals surface area (Å²) in [5.41, 5.74) is 2.01. The smallest absolute Gasteiger partial charge is 0.341 e. The van der Waals surface area contributed by atoms with Crippen LogP contribution in [0.15, 0.2) is 6.20 Å². The molecule has 1 aliphatic rings. The molecular weight excluding hydrogens is 511 g/mol. The number of nitrogens with one attached hydrogen (secondary N) is 2. The highest BCUT2D eigenvalue weighted by Crippen LogP contribution is 2.40. The van der Waals surface area contributed by atoms with Crippen molar-refractivity contribution in [3.63, 3.8) is 0 Å². The first-order chi connectivity index (χ1) is 13.3. The standard InChI is InChI=1S/C18H21IN4O3S2/c1-4-26-17(25)13-10-6-5-9(2)7-12(10)28-16(13)22-18(27)21-15(24)14-11(19)8-20-23(14)3/h8-9H,4-7H2,1-3H3,(H2,21,22,24,27). The van der Waals surface area contributed by atoms with Gasteiger partial charge in [0.2, 0.25) is 0 Å². The Balaban J connectivity index is 1.82. The minimum atomic E-state index is -0.354. The molecular formula is C18H21IN4O3S2. The highest BCUT2D eigenvalue weighted by atomic mass is 127. The molecule has 2 aromatic heterocycles. The van der Waals surface area contributed by atoms with Gasteiger partial charge in [0.25, 0.3) is 5.91 Å². The number of carbonyl (C=O) groups excluding carboxylic acids is 2. The molecule has 0 saturated carbocycles. The van der Waals surface area contributed by atoms with Crippen LogP contribution in [-0.2, 0) is 24.6 Å². The largest absolute Gasteiger partial charge is 0.462 e. The van der Waals surface area contributed by atoms with E-state index in [2.05, 4.69) is 22.7 Å². The van der Waals surface area contributed by atoms with Gasteiger partial charge in [-0.1, -0.05) is 6.92 Å². The van der Waals surface area contributed by atoms with Crippen molar-refractivity contribution in [1.82, 2.24) is 15.1 Å². The van der Waals surface area contributed by atoms with Crippen LogP contribution < -0.4 is 10.6 Å². The number of fused-ring (bicyclic) bond motifs is 1. The first-order valence-corrected chi connectivity index (χ1v) is 11.2. The number of hydrogen-bond acceptors (Lipinski definition) is 6. The topological polar surface area (TPSA) is 85.2 Å². The molecule has 2 aromatic rings. The zero-order valence-corrected chi connectivity index (χ0v) is 19.6. The zero-order valence-electron chi connectivity index (χ0n) is 15.8. The van der Waals surface area contributed by atoms with E-state index in [1.165, 1.54) is 20.9 Å². The fraction of sp³-hybridized carbons (Fsp3) is 0.444. The summed E-state index contributed by atoms with van der Waals surface area (Å²) < 4.78 is 7.48. The Hall–Kier alpha value is -1.53. The van der Waals surface area contributed by atoms with E-state index in [1.54, 1.807) is 20.2 Å². The van der Waals surface area contributed by atoms with E-state index in [0.717, 1.165) is 28.4 Å². The van der Waals surface area contributed by atoms with Crippen molar-refractivity contribution in [3.8, 4) is 0 Å². The van der Waals surface area contributed by atoms with E-state index in [4.69, 9.17) is 17.0 Å². The fourth-order valence-corrected chi connectivity index (χ4v) is 5.60. The maximum absolute atomic E-state index is 12.6. The second kappa shape index (κ2) is 8.87. The molecule has 10 heteroatoms. The van der Waals surface area contributed by atoms with Crippen LogP contribution in [0.1, 0.15) is 51.6 Å². The van der Waals surface area contributed by atoms with Crippen molar-refractivity contribution >= 4 is 68.1 Å². The predicted molar refractivity (Wildman–Crippen MR) is 121 cm³/mol. The molecule has 150 valence electrons. The summed E-state index contributed by atoms with van der Waals surface area (Å²) in [6.07, 6.45) is 4.42. The summed E-state index contributed by atoms with van der Waals surface area (Å²) in [6, 6.07) is 0. The Bertz CT molecular complexity index is 918. The zero-order chi connectivity index (χ0) is 20.4. The summed E-state index contributed by atoms with van der Waals surface area (Å²) in [5, 5.41) is 10.5. The number of rotatable bonds is 4. The fourth-order valence-electron chi connectivity index (χ4n) is 3.22. The molecule has 28 heavy (non-hydrogen) atoms. The molecule has 3 rings (SSSR count).